The maximum Gasteiger partial charge on any atom is 0.374 e. The van der Waals surface area contributed by atoms with Gasteiger partial charge in [-0.25, -0.2) is 9.59 Å². The number of ether oxygens (including phenoxy) is 2. The normalized spacial score (nSPS) is 11.7. The van der Waals surface area contributed by atoms with Gasteiger partial charge in [-0.3, -0.25) is 4.79 Å². The third-order valence-electron chi connectivity index (χ3n) is 4.50. The molecular formula is C23H23NO6. The Kier molecular flexibility index (Phi) is 6.51. The highest BCUT2D eigenvalue weighted by Gasteiger charge is 2.24. The van der Waals surface area contributed by atoms with E-state index in [4.69, 9.17) is 13.9 Å². The van der Waals surface area contributed by atoms with Gasteiger partial charge in [-0.1, -0.05) is 35.9 Å². The molecule has 0 aliphatic heterocycles. The van der Waals surface area contributed by atoms with Crippen molar-refractivity contribution in [1.29, 1.82) is 0 Å². The third-order valence-corrected chi connectivity index (χ3v) is 4.50. The molecule has 1 N–H and O–H groups in total. The number of esters is 2. The van der Waals surface area contributed by atoms with E-state index in [2.05, 4.69) is 5.32 Å². The van der Waals surface area contributed by atoms with Crippen LogP contribution < -0.4 is 5.32 Å². The summed E-state index contributed by atoms with van der Waals surface area (Å²) in [7, 11) is 0. The van der Waals surface area contributed by atoms with Crippen molar-refractivity contribution in [2.24, 2.45) is 0 Å². The highest BCUT2D eigenvalue weighted by atomic mass is 16.5. The maximum absolute atomic E-state index is 12.4. The van der Waals surface area contributed by atoms with Crippen molar-refractivity contribution in [3.05, 3.63) is 71.0 Å². The molecule has 0 aliphatic rings. The summed E-state index contributed by atoms with van der Waals surface area (Å²) in [4.78, 5) is 37.0. The van der Waals surface area contributed by atoms with Gasteiger partial charge in [0.25, 0.3) is 5.91 Å². The fraction of sp³-hybridized carbons (Fsp3) is 0.261. The topological polar surface area (TPSA) is 94.8 Å². The lowest BCUT2D eigenvalue weighted by molar-refractivity contribution is -0.146. The Morgan fingerprint density at radius 2 is 1.83 bits per heavy atom. The Bertz CT molecular complexity index is 1080. The van der Waals surface area contributed by atoms with Gasteiger partial charge >= 0.3 is 11.9 Å². The quantitative estimate of drug-likeness (QED) is 0.597. The molecule has 3 rings (SSSR count). The predicted octanol–water partition coefficient (Wildman–Crippen LogP) is 3.78. The van der Waals surface area contributed by atoms with Gasteiger partial charge in [-0.2, -0.15) is 0 Å². The van der Waals surface area contributed by atoms with Crippen LogP contribution in [0.5, 0.6) is 0 Å². The monoisotopic (exact) mass is 409 g/mol. The summed E-state index contributed by atoms with van der Waals surface area (Å²) in [6, 6.07) is 13.2. The van der Waals surface area contributed by atoms with Gasteiger partial charge in [0.15, 0.2) is 0 Å². The summed E-state index contributed by atoms with van der Waals surface area (Å²) in [6.45, 7) is 5.12. The molecule has 1 heterocycles. The van der Waals surface area contributed by atoms with Crippen LogP contribution in [0, 0.1) is 6.92 Å². The molecule has 0 unspecified atom stereocenters. The van der Waals surface area contributed by atoms with Crippen LogP contribution >= 0.6 is 0 Å². The number of benzene rings is 2. The van der Waals surface area contributed by atoms with Crippen LogP contribution in [-0.4, -0.2) is 30.5 Å². The summed E-state index contributed by atoms with van der Waals surface area (Å²) in [5.74, 6) is -1.62. The second-order valence-electron chi connectivity index (χ2n) is 6.80. The van der Waals surface area contributed by atoms with Gasteiger partial charge in [0.1, 0.15) is 18.2 Å². The number of nitrogens with one attached hydrogen (secondary N) is 1. The number of carbonyl (C=O) groups excluding carboxylic acids is 3. The smallest absolute Gasteiger partial charge is 0.374 e. The predicted molar refractivity (Wildman–Crippen MR) is 110 cm³/mol. The van der Waals surface area contributed by atoms with Crippen LogP contribution in [-0.2, 0) is 20.9 Å². The Morgan fingerprint density at radius 3 is 2.57 bits per heavy atom. The summed E-state index contributed by atoms with van der Waals surface area (Å²) in [5.41, 5.74) is 2.32. The molecule has 1 amide bonds. The van der Waals surface area contributed by atoms with Gasteiger partial charge in [-0.05, 0) is 39.0 Å². The van der Waals surface area contributed by atoms with Crippen LogP contribution in [0.3, 0.4) is 0 Å². The first-order valence-corrected chi connectivity index (χ1v) is 9.62. The zero-order valence-electron chi connectivity index (χ0n) is 17.1. The van der Waals surface area contributed by atoms with Crippen LogP contribution in [0.25, 0.3) is 11.0 Å². The molecule has 0 radical (unpaired) electrons. The lowest BCUT2D eigenvalue weighted by Gasteiger charge is -2.14. The van der Waals surface area contributed by atoms with Crippen LogP contribution in [0.2, 0.25) is 0 Å². The summed E-state index contributed by atoms with van der Waals surface area (Å²) in [5, 5.41) is 3.28. The van der Waals surface area contributed by atoms with E-state index in [9.17, 15) is 14.4 Å². The molecule has 1 aromatic heterocycles. The molecule has 0 aliphatic carbocycles. The SMILES string of the molecule is CCOC(=O)c1oc2ccccc2c1COC(=O)[C@H](C)NC(=O)c1cccc(C)c1. The minimum absolute atomic E-state index is 0.00213. The third kappa shape index (κ3) is 4.68. The van der Waals surface area contributed by atoms with E-state index in [1.54, 1.807) is 49.4 Å². The lowest BCUT2D eigenvalue weighted by atomic mass is 10.1. The van der Waals surface area contributed by atoms with Gasteiger partial charge in [0, 0.05) is 10.9 Å². The molecule has 0 saturated carbocycles. The Labute approximate surface area is 174 Å². The molecule has 3 aromatic rings. The van der Waals surface area contributed by atoms with Crippen molar-refractivity contribution in [3.63, 3.8) is 0 Å². The number of aryl methyl sites for hydroxylation is 1. The molecule has 0 saturated heterocycles. The number of fused-ring (bicyclic) bond motifs is 1. The molecule has 156 valence electrons. The van der Waals surface area contributed by atoms with Crippen LogP contribution in [0.4, 0.5) is 0 Å². The lowest BCUT2D eigenvalue weighted by Crippen LogP contribution is -2.39. The van der Waals surface area contributed by atoms with Gasteiger partial charge in [0.05, 0.1) is 12.2 Å². The van der Waals surface area contributed by atoms with Crippen LogP contribution in [0.15, 0.2) is 52.9 Å². The number of amides is 1. The highest BCUT2D eigenvalue weighted by molar-refractivity contribution is 5.97. The van der Waals surface area contributed by atoms with Crippen molar-refractivity contribution in [2.75, 3.05) is 6.61 Å². The standard InChI is InChI=1S/C23H23NO6/c1-4-28-23(27)20-18(17-10-5-6-11-19(17)30-20)13-29-22(26)15(3)24-21(25)16-9-7-8-14(2)12-16/h5-12,15H,4,13H2,1-3H3,(H,24,25)/t15-/m0/s1. The summed E-state index contributed by atoms with van der Waals surface area (Å²) in [6.07, 6.45) is 0. The average Bonchev–Trinajstić information content (AvgIpc) is 3.10. The molecule has 7 nitrogen and oxygen atoms in total. The first kappa shape index (κ1) is 21.1. The maximum atomic E-state index is 12.4. The van der Waals surface area contributed by atoms with E-state index in [-0.39, 0.29) is 24.9 Å². The number of rotatable bonds is 7. The number of para-hydroxylation sites is 1. The zero-order chi connectivity index (χ0) is 21.7. The highest BCUT2D eigenvalue weighted by Crippen LogP contribution is 2.27. The Balaban J connectivity index is 1.70. The number of hydrogen-bond acceptors (Lipinski definition) is 6. The molecular weight excluding hydrogens is 386 g/mol. The Morgan fingerprint density at radius 1 is 1.07 bits per heavy atom. The fourth-order valence-corrected chi connectivity index (χ4v) is 3.00. The summed E-state index contributed by atoms with van der Waals surface area (Å²) < 4.78 is 16.0. The van der Waals surface area contributed by atoms with Gasteiger partial charge in [0.2, 0.25) is 5.76 Å². The van der Waals surface area contributed by atoms with Crippen molar-refractivity contribution in [1.82, 2.24) is 5.32 Å². The van der Waals surface area contributed by atoms with E-state index in [0.717, 1.165) is 5.56 Å². The first-order valence-electron chi connectivity index (χ1n) is 9.62. The second kappa shape index (κ2) is 9.26. The molecule has 2 aromatic carbocycles. The van der Waals surface area contributed by atoms with E-state index >= 15 is 0 Å². The molecule has 30 heavy (non-hydrogen) atoms. The molecule has 1 atom stereocenters. The van der Waals surface area contributed by atoms with Crippen molar-refractivity contribution < 1.29 is 28.3 Å². The van der Waals surface area contributed by atoms with Crippen molar-refractivity contribution in [2.45, 2.75) is 33.4 Å². The fourth-order valence-electron chi connectivity index (χ4n) is 3.00. The number of hydrogen-bond donors (Lipinski definition) is 1. The van der Waals surface area contributed by atoms with E-state index in [1.165, 1.54) is 6.92 Å². The molecule has 0 spiro atoms. The molecule has 0 fully saturated rings. The Hall–Kier alpha value is -3.61. The van der Waals surface area contributed by atoms with E-state index in [1.807, 2.05) is 13.0 Å². The number of carbonyl (C=O) groups is 3. The molecule has 7 heteroatoms. The van der Waals surface area contributed by atoms with Crippen LogP contribution in [0.1, 0.15) is 45.9 Å². The zero-order valence-corrected chi connectivity index (χ0v) is 17.1. The van der Waals surface area contributed by atoms with Gasteiger partial charge < -0.3 is 19.2 Å². The second-order valence-corrected chi connectivity index (χ2v) is 6.80. The number of furan rings is 1. The largest absolute Gasteiger partial charge is 0.460 e. The van der Waals surface area contributed by atoms with E-state index in [0.29, 0.717) is 22.1 Å². The minimum Gasteiger partial charge on any atom is -0.460 e. The first-order chi connectivity index (χ1) is 14.4. The van der Waals surface area contributed by atoms with Crippen molar-refractivity contribution >= 4 is 28.8 Å². The van der Waals surface area contributed by atoms with Gasteiger partial charge in [-0.15, -0.1) is 0 Å². The van der Waals surface area contributed by atoms with Crippen molar-refractivity contribution in [3.8, 4) is 0 Å². The minimum atomic E-state index is -0.873. The van der Waals surface area contributed by atoms with E-state index < -0.39 is 18.0 Å². The molecule has 0 bridgehead atoms. The summed E-state index contributed by atoms with van der Waals surface area (Å²) >= 11 is 0. The average molecular weight is 409 g/mol.